The minimum atomic E-state index is -0.566. The Kier molecular flexibility index (Phi) is 4.72. The molecule has 1 unspecified atom stereocenters. The highest BCUT2D eigenvalue weighted by molar-refractivity contribution is 5.95. The van der Waals surface area contributed by atoms with E-state index in [0.717, 1.165) is 0 Å². The van der Waals surface area contributed by atoms with Gasteiger partial charge in [-0.3, -0.25) is 4.79 Å². The summed E-state index contributed by atoms with van der Waals surface area (Å²) in [4.78, 5) is 14.0. The topological polar surface area (TPSA) is 49.8 Å². The molecule has 0 saturated carbocycles. The Morgan fingerprint density at radius 2 is 2.40 bits per heavy atom. The number of ether oxygens (including phenoxy) is 1. The third-order valence-electron chi connectivity index (χ3n) is 3.14. The molecule has 1 atom stereocenters. The predicted octanol–water partition coefficient (Wildman–Crippen LogP) is 1.03. The van der Waals surface area contributed by atoms with Crippen LogP contribution in [0.15, 0.2) is 18.2 Å². The van der Waals surface area contributed by atoms with Gasteiger partial charge in [0.15, 0.2) is 0 Å². The van der Waals surface area contributed by atoms with Gasteiger partial charge in [0.1, 0.15) is 12.4 Å². The van der Waals surface area contributed by atoms with Gasteiger partial charge >= 0.3 is 0 Å². The minimum absolute atomic E-state index is 0.00323. The molecule has 1 heterocycles. The summed E-state index contributed by atoms with van der Waals surface area (Å²) in [5.41, 5.74) is 0.508. The van der Waals surface area contributed by atoms with Gasteiger partial charge in [0.05, 0.1) is 24.8 Å². The number of benzene rings is 1. The maximum absolute atomic E-state index is 13.8. The van der Waals surface area contributed by atoms with Crippen molar-refractivity contribution in [1.29, 1.82) is 0 Å². The molecule has 1 aromatic carbocycles. The summed E-state index contributed by atoms with van der Waals surface area (Å²) in [5, 5.41) is 8.66. The summed E-state index contributed by atoms with van der Waals surface area (Å²) >= 11 is 0. The van der Waals surface area contributed by atoms with E-state index < -0.39 is 5.82 Å². The molecule has 2 rings (SSSR count). The van der Waals surface area contributed by atoms with Crippen LogP contribution < -0.4 is 0 Å². The fourth-order valence-corrected chi connectivity index (χ4v) is 2.09. The number of aliphatic hydroxyl groups excluding tert-OH is 1. The molecule has 1 aromatic rings. The van der Waals surface area contributed by atoms with Crippen molar-refractivity contribution >= 4 is 5.91 Å². The van der Waals surface area contributed by atoms with Crippen LogP contribution in [0.3, 0.4) is 0 Å². The van der Waals surface area contributed by atoms with E-state index in [1.165, 1.54) is 18.2 Å². The fourth-order valence-electron chi connectivity index (χ4n) is 2.09. The molecular weight excluding hydrogens is 261 g/mol. The van der Waals surface area contributed by atoms with E-state index >= 15 is 0 Å². The molecular formula is C15H16FNO3. The number of morpholine rings is 1. The van der Waals surface area contributed by atoms with Gasteiger partial charge in [-0.1, -0.05) is 11.8 Å². The van der Waals surface area contributed by atoms with Crippen LogP contribution in [0.5, 0.6) is 0 Å². The Balaban J connectivity index is 2.28. The molecule has 0 aromatic heterocycles. The zero-order chi connectivity index (χ0) is 14.5. The molecule has 1 saturated heterocycles. The Labute approximate surface area is 117 Å². The molecule has 1 fully saturated rings. The van der Waals surface area contributed by atoms with Gasteiger partial charge in [-0.05, 0) is 25.1 Å². The first-order valence-corrected chi connectivity index (χ1v) is 6.41. The highest BCUT2D eigenvalue weighted by atomic mass is 19.1. The molecule has 1 N–H and O–H groups in total. The van der Waals surface area contributed by atoms with Gasteiger partial charge in [0.25, 0.3) is 5.91 Å². The standard InChI is InChI=1S/C15H16FNO3/c1-11-10-20-8-6-17(11)15(19)13-9-12(3-2-7-18)4-5-14(13)16/h4-5,9,11,18H,6-8,10H2,1H3. The van der Waals surface area contributed by atoms with Crippen molar-refractivity contribution in [3.8, 4) is 11.8 Å². The average Bonchev–Trinajstić information content (AvgIpc) is 2.46. The summed E-state index contributed by atoms with van der Waals surface area (Å²) in [6.45, 7) is 2.95. The Hall–Kier alpha value is -1.90. The van der Waals surface area contributed by atoms with Gasteiger partial charge in [-0.2, -0.15) is 0 Å². The van der Waals surface area contributed by atoms with E-state index in [4.69, 9.17) is 9.84 Å². The lowest BCUT2D eigenvalue weighted by atomic mass is 10.1. The third kappa shape index (κ3) is 3.16. The van der Waals surface area contributed by atoms with Gasteiger partial charge in [-0.25, -0.2) is 4.39 Å². The molecule has 4 nitrogen and oxygen atoms in total. The number of nitrogens with zero attached hydrogens (tertiary/aromatic N) is 1. The van der Waals surface area contributed by atoms with Crippen LogP contribution in [0.25, 0.3) is 0 Å². The Morgan fingerprint density at radius 1 is 1.60 bits per heavy atom. The fraction of sp³-hybridized carbons (Fsp3) is 0.400. The van der Waals surface area contributed by atoms with Crippen LogP contribution in [-0.2, 0) is 4.74 Å². The van der Waals surface area contributed by atoms with Crippen LogP contribution in [0, 0.1) is 17.7 Å². The number of aliphatic hydroxyl groups is 1. The monoisotopic (exact) mass is 277 g/mol. The summed E-state index contributed by atoms with van der Waals surface area (Å²) in [6.07, 6.45) is 0. The first-order valence-electron chi connectivity index (χ1n) is 6.41. The van der Waals surface area contributed by atoms with Crippen LogP contribution in [0.4, 0.5) is 4.39 Å². The zero-order valence-electron chi connectivity index (χ0n) is 11.2. The van der Waals surface area contributed by atoms with Crippen molar-refractivity contribution in [1.82, 2.24) is 4.90 Å². The molecule has 1 aliphatic rings. The summed E-state index contributed by atoms with van der Waals surface area (Å²) in [7, 11) is 0. The van der Waals surface area contributed by atoms with Gasteiger partial charge in [-0.15, -0.1) is 0 Å². The Bertz CT molecular complexity index is 562. The van der Waals surface area contributed by atoms with Crippen molar-refractivity contribution < 1.29 is 19.0 Å². The maximum atomic E-state index is 13.8. The van der Waals surface area contributed by atoms with Crippen molar-refractivity contribution in [2.45, 2.75) is 13.0 Å². The number of carbonyl (C=O) groups excluding carboxylic acids is 1. The van der Waals surface area contributed by atoms with E-state index in [-0.39, 0.29) is 24.1 Å². The molecule has 0 radical (unpaired) electrons. The zero-order valence-corrected chi connectivity index (χ0v) is 11.2. The van der Waals surface area contributed by atoms with Gasteiger partial charge < -0.3 is 14.7 Å². The smallest absolute Gasteiger partial charge is 0.257 e. The van der Waals surface area contributed by atoms with Crippen molar-refractivity contribution in [3.63, 3.8) is 0 Å². The number of hydrogen-bond donors (Lipinski definition) is 1. The van der Waals surface area contributed by atoms with Crippen molar-refractivity contribution in [3.05, 3.63) is 35.1 Å². The number of halogens is 1. The largest absolute Gasteiger partial charge is 0.384 e. The quantitative estimate of drug-likeness (QED) is 0.780. The van der Waals surface area contributed by atoms with Crippen LogP contribution in [0.1, 0.15) is 22.8 Å². The van der Waals surface area contributed by atoms with Crippen LogP contribution >= 0.6 is 0 Å². The molecule has 1 aliphatic heterocycles. The Morgan fingerprint density at radius 3 is 3.10 bits per heavy atom. The van der Waals surface area contributed by atoms with E-state index in [2.05, 4.69) is 11.8 Å². The number of amides is 1. The third-order valence-corrected chi connectivity index (χ3v) is 3.14. The molecule has 0 spiro atoms. The normalized spacial score (nSPS) is 18.4. The number of carbonyl (C=O) groups is 1. The lowest BCUT2D eigenvalue weighted by Gasteiger charge is -2.33. The minimum Gasteiger partial charge on any atom is -0.384 e. The number of hydrogen-bond acceptors (Lipinski definition) is 3. The van der Waals surface area contributed by atoms with Crippen molar-refractivity contribution in [2.24, 2.45) is 0 Å². The molecule has 5 heteroatoms. The molecule has 1 amide bonds. The van der Waals surface area contributed by atoms with E-state index in [1.54, 1.807) is 4.90 Å². The van der Waals surface area contributed by atoms with Crippen LogP contribution in [0.2, 0.25) is 0 Å². The summed E-state index contributed by atoms with van der Waals surface area (Å²) in [6, 6.07) is 4.04. The summed E-state index contributed by atoms with van der Waals surface area (Å²) < 4.78 is 19.1. The number of rotatable bonds is 1. The highest BCUT2D eigenvalue weighted by Crippen LogP contribution is 2.16. The second-order valence-corrected chi connectivity index (χ2v) is 4.58. The molecule has 20 heavy (non-hydrogen) atoms. The average molecular weight is 277 g/mol. The summed E-state index contributed by atoms with van der Waals surface area (Å²) in [5.74, 6) is 4.22. The molecule has 106 valence electrons. The first-order chi connectivity index (χ1) is 9.63. The predicted molar refractivity (Wildman–Crippen MR) is 71.7 cm³/mol. The van der Waals surface area contributed by atoms with E-state index in [9.17, 15) is 9.18 Å². The van der Waals surface area contributed by atoms with Gasteiger partial charge in [0.2, 0.25) is 0 Å². The second-order valence-electron chi connectivity index (χ2n) is 4.58. The molecule has 0 bridgehead atoms. The van der Waals surface area contributed by atoms with Crippen molar-refractivity contribution in [2.75, 3.05) is 26.4 Å². The second kappa shape index (κ2) is 6.51. The SMILES string of the molecule is CC1COCCN1C(=O)c1cc(C#CCO)ccc1F. The molecule has 0 aliphatic carbocycles. The van der Waals surface area contributed by atoms with Gasteiger partial charge in [0, 0.05) is 12.1 Å². The maximum Gasteiger partial charge on any atom is 0.257 e. The lowest BCUT2D eigenvalue weighted by molar-refractivity contribution is 0.00335. The van der Waals surface area contributed by atoms with E-state index in [0.29, 0.717) is 25.3 Å². The first kappa shape index (κ1) is 14.5. The lowest BCUT2D eigenvalue weighted by Crippen LogP contribution is -2.47. The van der Waals surface area contributed by atoms with E-state index in [1.807, 2.05) is 6.92 Å². The van der Waals surface area contributed by atoms with Crippen LogP contribution in [-0.4, -0.2) is 48.3 Å². The highest BCUT2D eigenvalue weighted by Gasteiger charge is 2.26.